The molecular weight excluding hydrogens is 394 g/mol. The molecule has 0 saturated carbocycles. The smallest absolute Gasteiger partial charge is 0.328 e. The zero-order chi connectivity index (χ0) is 23.2. The summed E-state index contributed by atoms with van der Waals surface area (Å²) in [4.78, 5) is 34.7. The molecule has 0 spiro atoms. The number of rotatable bonds is 22. The summed E-state index contributed by atoms with van der Waals surface area (Å²) in [5, 5.41) is 11.4. The number of carbonyl (C=O) groups excluding carboxylic acids is 2. The maximum Gasteiger partial charge on any atom is 0.328 e. The van der Waals surface area contributed by atoms with Crippen LogP contribution < -0.4 is 5.32 Å². The predicted octanol–water partition coefficient (Wildman–Crippen LogP) is 6.16. The molecule has 6 heteroatoms. The quantitative estimate of drug-likeness (QED) is 0.155. The second-order valence-electron chi connectivity index (χ2n) is 8.57. The van der Waals surface area contributed by atoms with Gasteiger partial charge >= 0.3 is 11.9 Å². The van der Waals surface area contributed by atoms with Gasteiger partial charge < -0.3 is 15.2 Å². The van der Waals surface area contributed by atoms with Crippen LogP contribution in [0.2, 0.25) is 0 Å². The molecule has 31 heavy (non-hydrogen) atoms. The molecule has 2 N–H and O–H groups in total. The minimum absolute atomic E-state index is 0.0579. The van der Waals surface area contributed by atoms with Gasteiger partial charge in [-0.2, -0.15) is 0 Å². The number of nitrogens with one attached hydrogen (secondary N) is 1. The Hall–Kier alpha value is -1.59. The third kappa shape index (κ3) is 20.1. The summed E-state index contributed by atoms with van der Waals surface area (Å²) >= 11 is 0. The summed E-state index contributed by atoms with van der Waals surface area (Å²) in [5.74, 6) is -1.76. The highest BCUT2D eigenvalue weighted by Gasteiger charge is 2.22. The maximum atomic E-state index is 12.2. The van der Waals surface area contributed by atoms with Crippen LogP contribution in [0.3, 0.4) is 0 Å². The van der Waals surface area contributed by atoms with E-state index in [1.807, 2.05) is 6.92 Å². The van der Waals surface area contributed by atoms with Crippen molar-refractivity contribution in [2.75, 3.05) is 6.61 Å². The molecular formula is C25H47NO5. The van der Waals surface area contributed by atoms with E-state index in [9.17, 15) is 14.4 Å². The van der Waals surface area contributed by atoms with E-state index in [0.717, 1.165) is 19.3 Å². The van der Waals surface area contributed by atoms with Gasteiger partial charge in [-0.05, 0) is 19.3 Å². The van der Waals surface area contributed by atoms with Gasteiger partial charge in [0.15, 0.2) is 0 Å². The van der Waals surface area contributed by atoms with Gasteiger partial charge in [0.2, 0.25) is 5.91 Å². The van der Waals surface area contributed by atoms with Gasteiger partial charge in [-0.25, -0.2) is 4.79 Å². The van der Waals surface area contributed by atoms with Gasteiger partial charge in [0.05, 0.1) is 6.61 Å². The molecule has 1 amide bonds. The standard InChI is InChI=1S/C25H47NO5/c1-3-5-6-7-8-9-10-11-12-13-14-15-16-17-21-31-25(30)22(19-20-24(28)29)26-23(27)18-4-2/h22H,3-21H2,1-2H3,(H,26,27)(H,28,29)/t22-/m0/s1. The molecule has 182 valence electrons. The number of unbranched alkanes of at least 4 members (excludes halogenated alkanes) is 13. The number of aliphatic carboxylic acids is 1. The number of carbonyl (C=O) groups is 3. The molecule has 0 fully saturated rings. The van der Waals surface area contributed by atoms with Crippen LogP contribution in [0.15, 0.2) is 0 Å². The third-order valence-corrected chi connectivity index (χ3v) is 5.49. The van der Waals surface area contributed by atoms with Crippen molar-refractivity contribution >= 4 is 17.8 Å². The molecule has 6 nitrogen and oxygen atoms in total. The van der Waals surface area contributed by atoms with Gasteiger partial charge in [-0.1, -0.05) is 97.3 Å². The molecule has 0 saturated heterocycles. The molecule has 0 aliphatic rings. The lowest BCUT2D eigenvalue weighted by Crippen LogP contribution is -2.42. The number of carboxylic acids is 1. The molecule has 0 aliphatic carbocycles. The molecule has 0 aromatic carbocycles. The van der Waals surface area contributed by atoms with Crippen LogP contribution in [0.4, 0.5) is 0 Å². The number of hydrogen-bond acceptors (Lipinski definition) is 4. The van der Waals surface area contributed by atoms with E-state index < -0.39 is 18.0 Å². The number of hydrogen-bond donors (Lipinski definition) is 2. The molecule has 1 atom stereocenters. The fraction of sp³-hybridized carbons (Fsp3) is 0.880. The van der Waals surface area contributed by atoms with Crippen molar-refractivity contribution < 1.29 is 24.2 Å². The summed E-state index contributed by atoms with van der Waals surface area (Å²) in [7, 11) is 0. The molecule has 0 bridgehead atoms. The first-order valence-electron chi connectivity index (χ1n) is 12.7. The monoisotopic (exact) mass is 441 g/mol. The van der Waals surface area contributed by atoms with Crippen molar-refractivity contribution in [2.24, 2.45) is 0 Å². The molecule has 0 aromatic heterocycles. The molecule has 0 heterocycles. The van der Waals surface area contributed by atoms with Crippen molar-refractivity contribution in [3.8, 4) is 0 Å². The van der Waals surface area contributed by atoms with Gasteiger partial charge in [0.1, 0.15) is 6.04 Å². The Kier molecular flexibility index (Phi) is 20.5. The zero-order valence-electron chi connectivity index (χ0n) is 20.1. The molecule has 0 aliphatic heterocycles. The topological polar surface area (TPSA) is 92.7 Å². The van der Waals surface area contributed by atoms with E-state index >= 15 is 0 Å². The van der Waals surface area contributed by atoms with Gasteiger partial charge in [0.25, 0.3) is 0 Å². The number of carboxylic acid groups (broad SMARTS) is 1. The lowest BCUT2D eigenvalue weighted by molar-refractivity contribution is -0.148. The van der Waals surface area contributed by atoms with Gasteiger partial charge in [0, 0.05) is 12.8 Å². The van der Waals surface area contributed by atoms with E-state index in [1.165, 1.54) is 70.6 Å². The third-order valence-electron chi connectivity index (χ3n) is 5.49. The normalized spacial score (nSPS) is 11.8. The van der Waals surface area contributed by atoms with Crippen molar-refractivity contribution in [3.63, 3.8) is 0 Å². The highest BCUT2D eigenvalue weighted by molar-refractivity contribution is 5.84. The Morgan fingerprint density at radius 1 is 0.710 bits per heavy atom. The Labute approximate surface area is 189 Å². The minimum Gasteiger partial charge on any atom is -0.481 e. The zero-order valence-corrected chi connectivity index (χ0v) is 20.1. The Morgan fingerprint density at radius 2 is 1.19 bits per heavy atom. The molecule has 0 aromatic rings. The van der Waals surface area contributed by atoms with Crippen LogP contribution in [-0.4, -0.2) is 35.6 Å². The maximum absolute atomic E-state index is 12.2. The fourth-order valence-corrected chi connectivity index (χ4v) is 3.58. The average molecular weight is 442 g/mol. The fourth-order valence-electron chi connectivity index (χ4n) is 3.58. The average Bonchev–Trinajstić information content (AvgIpc) is 2.73. The van der Waals surface area contributed by atoms with Crippen molar-refractivity contribution in [1.82, 2.24) is 5.32 Å². The summed E-state index contributed by atoms with van der Waals surface area (Å²) in [6, 6.07) is -0.873. The van der Waals surface area contributed by atoms with Crippen LogP contribution in [0.1, 0.15) is 129 Å². The van der Waals surface area contributed by atoms with Crippen molar-refractivity contribution in [3.05, 3.63) is 0 Å². The second kappa shape index (κ2) is 21.6. The predicted molar refractivity (Wildman–Crippen MR) is 125 cm³/mol. The van der Waals surface area contributed by atoms with E-state index in [0.29, 0.717) is 19.4 Å². The Morgan fingerprint density at radius 3 is 1.65 bits per heavy atom. The summed E-state index contributed by atoms with van der Waals surface area (Å²) in [6.07, 6.45) is 18.6. The molecule has 0 radical (unpaired) electrons. The van der Waals surface area contributed by atoms with Crippen molar-refractivity contribution in [2.45, 2.75) is 135 Å². The molecule has 0 unspecified atom stereocenters. The number of esters is 1. The highest BCUT2D eigenvalue weighted by atomic mass is 16.5. The van der Waals surface area contributed by atoms with E-state index in [1.54, 1.807) is 0 Å². The first-order chi connectivity index (χ1) is 15.0. The summed E-state index contributed by atoms with van der Waals surface area (Å²) in [5.41, 5.74) is 0. The summed E-state index contributed by atoms with van der Waals surface area (Å²) < 4.78 is 5.28. The first kappa shape index (κ1) is 29.4. The lowest BCUT2D eigenvalue weighted by Gasteiger charge is -2.17. The lowest BCUT2D eigenvalue weighted by atomic mass is 10.0. The van der Waals surface area contributed by atoms with E-state index in [4.69, 9.17) is 9.84 Å². The molecule has 0 rings (SSSR count). The number of amides is 1. The summed E-state index contributed by atoms with van der Waals surface area (Å²) in [6.45, 7) is 4.45. The van der Waals surface area contributed by atoms with Gasteiger partial charge in [-0.3, -0.25) is 9.59 Å². The first-order valence-corrected chi connectivity index (χ1v) is 12.7. The Bertz CT molecular complexity index is 467. The highest BCUT2D eigenvalue weighted by Crippen LogP contribution is 2.13. The Balaban J connectivity index is 3.69. The largest absolute Gasteiger partial charge is 0.481 e. The van der Waals surface area contributed by atoms with E-state index in [-0.39, 0.29) is 18.7 Å². The van der Waals surface area contributed by atoms with Crippen LogP contribution in [0.5, 0.6) is 0 Å². The second-order valence-corrected chi connectivity index (χ2v) is 8.57. The number of ether oxygens (including phenoxy) is 1. The minimum atomic E-state index is -0.991. The van der Waals surface area contributed by atoms with Crippen LogP contribution >= 0.6 is 0 Å². The SMILES string of the molecule is CCCCCCCCCCCCCCCCOC(=O)[C@H](CCC(=O)O)NC(=O)CCC. The van der Waals surface area contributed by atoms with Crippen molar-refractivity contribution in [1.29, 1.82) is 0 Å². The van der Waals surface area contributed by atoms with Crippen LogP contribution in [0.25, 0.3) is 0 Å². The van der Waals surface area contributed by atoms with Crippen LogP contribution in [0, 0.1) is 0 Å². The van der Waals surface area contributed by atoms with Crippen LogP contribution in [-0.2, 0) is 19.1 Å². The van der Waals surface area contributed by atoms with Gasteiger partial charge in [-0.15, -0.1) is 0 Å². The van der Waals surface area contributed by atoms with E-state index in [2.05, 4.69) is 12.2 Å².